The molecule has 4 nitrogen and oxygen atoms in total. The van der Waals surface area contributed by atoms with Crippen molar-refractivity contribution < 1.29 is 19.0 Å². The Labute approximate surface area is 118 Å². The van der Waals surface area contributed by atoms with Gasteiger partial charge in [-0.2, -0.15) is 0 Å². The summed E-state index contributed by atoms with van der Waals surface area (Å²) >= 11 is 0. The summed E-state index contributed by atoms with van der Waals surface area (Å²) in [5, 5.41) is 8.81. The first-order valence-electron chi connectivity index (χ1n) is 6.83. The fraction of sp³-hybridized carbons (Fsp3) is 0.533. The molecule has 1 saturated heterocycles. The summed E-state index contributed by atoms with van der Waals surface area (Å²) in [5.74, 6) is -0.949. The molecule has 0 atom stereocenters. The normalized spacial score (nSPS) is 17.3. The molecule has 2 rings (SSSR count). The van der Waals surface area contributed by atoms with Crippen LogP contribution in [0.15, 0.2) is 18.2 Å². The van der Waals surface area contributed by atoms with Gasteiger partial charge in [-0.3, -0.25) is 4.90 Å². The molecular formula is C15H20FNO3. The van der Waals surface area contributed by atoms with E-state index in [9.17, 15) is 9.18 Å². The number of carbonyl (C=O) groups is 1. The second-order valence-corrected chi connectivity index (χ2v) is 5.29. The fourth-order valence-electron chi connectivity index (χ4n) is 2.60. The quantitative estimate of drug-likeness (QED) is 0.900. The Bertz CT molecular complexity index is 470. The number of carboxylic acid groups (broad SMARTS) is 1. The molecule has 0 unspecified atom stereocenters. The number of carboxylic acids is 1. The van der Waals surface area contributed by atoms with Crippen molar-refractivity contribution in [2.75, 3.05) is 26.8 Å². The van der Waals surface area contributed by atoms with E-state index in [2.05, 4.69) is 4.90 Å². The van der Waals surface area contributed by atoms with E-state index in [1.54, 1.807) is 13.2 Å². The van der Waals surface area contributed by atoms with Crippen LogP contribution in [-0.2, 0) is 11.3 Å². The fourth-order valence-corrected chi connectivity index (χ4v) is 2.60. The summed E-state index contributed by atoms with van der Waals surface area (Å²) in [7, 11) is 1.71. The van der Waals surface area contributed by atoms with Crippen LogP contribution in [0, 0.1) is 11.7 Å². The van der Waals surface area contributed by atoms with Gasteiger partial charge in [0, 0.05) is 25.8 Å². The predicted molar refractivity (Wildman–Crippen MR) is 73.2 cm³/mol. The lowest BCUT2D eigenvalue weighted by molar-refractivity contribution is 0.0696. The molecule has 1 aliphatic heterocycles. The summed E-state index contributed by atoms with van der Waals surface area (Å²) in [6.45, 7) is 3.17. The van der Waals surface area contributed by atoms with Gasteiger partial charge >= 0.3 is 5.97 Å². The highest BCUT2D eigenvalue weighted by atomic mass is 19.1. The SMILES string of the molecule is COCC1CCN(Cc2ccc(C(=O)O)cc2F)CC1. The number of ether oxygens (including phenoxy) is 1. The van der Waals surface area contributed by atoms with Crippen molar-refractivity contribution in [1.82, 2.24) is 4.90 Å². The molecule has 20 heavy (non-hydrogen) atoms. The van der Waals surface area contributed by atoms with Gasteiger partial charge in [0.25, 0.3) is 0 Å². The van der Waals surface area contributed by atoms with Crippen LogP contribution >= 0.6 is 0 Å². The molecule has 0 radical (unpaired) electrons. The first-order chi connectivity index (χ1) is 9.60. The van der Waals surface area contributed by atoms with E-state index in [0.717, 1.165) is 38.6 Å². The molecule has 1 fully saturated rings. The molecule has 1 N–H and O–H groups in total. The first kappa shape index (κ1) is 14.9. The highest BCUT2D eigenvalue weighted by Crippen LogP contribution is 2.20. The number of piperidine rings is 1. The van der Waals surface area contributed by atoms with Crippen molar-refractivity contribution in [3.05, 3.63) is 35.1 Å². The average molecular weight is 281 g/mol. The summed E-state index contributed by atoms with van der Waals surface area (Å²) in [5.41, 5.74) is 0.547. The number of nitrogens with zero attached hydrogens (tertiary/aromatic N) is 1. The third-order valence-corrected chi connectivity index (χ3v) is 3.80. The van der Waals surface area contributed by atoms with Crippen LogP contribution < -0.4 is 0 Å². The Kier molecular flexibility index (Phi) is 5.09. The first-order valence-corrected chi connectivity index (χ1v) is 6.83. The van der Waals surface area contributed by atoms with Gasteiger partial charge in [-0.15, -0.1) is 0 Å². The Morgan fingerprint density at radius 2 is 2.15 bits per heavy atom. The molecule has 1 aliphatic rings. The molecule has 0 spiro atoms. The van der Waals surface area contributed by atoms with Crippen LogP contribution in [0.4, 0.5) is 4.39 Å². The lowest BCUT2D eigenvalue weighted by atomic mass is 9.97. The lowest BCUT2D eigenvalue weighted by Gasteiger charge is -2.31. The van der Waals surface area contributed by atoms with Crippen LogP contribution in [0.25, 0.3) is 0 Å². The summed E-state index contributed by atoms with van der Waals surface area (Å²) in [4.78, 5) is 13.0. The van der Waals surface area contributed by atoms with Crippen molar-refractivity contribution in [3.8, 4) is 0 Å². The van der Waals surface area contributed by atoms with E-state index >= 15 is 0 Å². The minimum Gasteiger partial charge on any atom is -0.478 e. The molecule has 1 heterocycles. The average Bonchev–Trinajstić information content (AvgIpc) is 2.43. The molecule has 1 aromatic rings. The van der Waals surface area contributed by atoms with E-state index in [4.69, 9.17) is 9.84 Å². The maximum atomic E-state index is 13.9. The molecular weight excluding hydrogens is 261 g/mol. The number of methoxy groups -OCH3 is 1. The second kappa shape index (κ2) is 6.81. The number of hydrogen-bond acceptors (Lipinski definition) is 3. The highest BCUT2D eigenvalue weighted by Gasteiger charge is 2.20. The van der Waals surface area contributed by atoms with Crippen LogP contribution in [0.2, 0.25) is 0 Å². The van der Waals surface area contributed by atoms with Gasteiger partial charge in [-0.1, -0.05) is 6.07 Å². The number of halogens is 1. The van der Waals surface area contributed by atoms with E-state index in [0.29, 0.717) is 18.0 Å². The monoisotopic (exact) mass is 281 g/mol. The van der Waals surface area contributed by atoms with Crippen LogP contribution in [0.3, 0.4) is 0 Å². The van der Waals surface area contributed by atoms with Gasteiger partial charge in [0.2, 0.25) is 0 Å². The summed E-state index contributed by atoms with van der Waals surface area (Å²) in [6.07, 6.45) is 2.12. The zero-order chi connectivity index (χ0) is 14.5. The maximum absolute atomic E-state index is 13.9. The van der Waals surface area contributed by atoms with Crippen molar-refractivity contribution in [1.29, 1.82) is 0 Å². The maximum Gasteiger partial charge on any atom is 0.335 e. The van der Waals surface area contributed by atoms with Crippen LogP contribution in [0.1, 0.15) is 28.8 Å². The van der Waals surface area contributed by atoms with Crippen molar-refractivity contribution >= 4 is 5.97 Å². The third-order valence-electron chi connectivity index (χ3n) is 3.80. The van der Waals surface area contributed by atoms with E-state index in [-0.39, 0.29) is 5.56 Å². The van der Waals surface area contributed by atoms with E-state index in [1.807, 2.05) is 0 Å². The molecule has 0 saturated carbocycles. The van der Waals surface area contributed by atoms with Gasteiger partial charge in [0.15, 0.2) is 0 Å². The number of likely N-dealkylation sites (tertiary alicyclic amines) is 1. The molecule has 5 heteroatoms. The highest BCUT2D eigenvalue weighted by molar-refractivity contribution is 5.87. The van der Waals surface area contributed by atoms with Gasteiger partial charge < -0.3 is 9.84 Å². The van der Waals surface area contributed by atoms with Crippen LogP contribution in [0.5, 0.6) is 0 Å². The Morgan fingerprint density at radius 3 is 2.70 bits per heavy atom. The Morgan fingerprint density at radius 1 is 1.45 bits per heavy atom. The smallest absolute Gasteiger partial charge is 0.335 e. The van der Waals surface area contributed by atoms with Crippen molar-refractivity contribution in [2.45, 2.75) is 19.4 Å². The molecule has 0 bridgehead atoms. The second-order valence-electron chi connectivity index (χ2n) is 5.29. The topological polar surface area (TPSA) is 49.8 Å². The lowest BCUT2D eigenvalue weighted by Crippen LogP contribution is -2.34. The molecule has 0 aliphatic carbocycles. The third kappa shape index (κ3) is 3.77. The summed E-state index contributed by atoms with van der Waals surface area (Å²) in [6, 6.07) is 4.12. The minimum atomic E-state index is -1.10. The van der Waals surface area contributed by atoms with Gasteiger partial charge in [-0.05, 0) is 44.0 Å². The molecule has 0 amide bonds. The van der Waals surface area contributed by atoms with Crippen LogP contribution in [-0.4, -0.2) is 42.8 Å². The minimum absolute atomic E-state index is 0.00921. The number of benzene rings is 1. The largest absolute Gasteiger partial charge is 0.478 e. The van der Waals surface area contributed by atoms with Gasteiger partial charge in [0.1, 0.15) is 5.82 Å². The molecule has 1 aromatic carbocycles. The van der Waals surface area contributed by atoms with Gasteiger partial charge in [0.05, 0.1) is 5.56 Å². The predicted octanol–water partition coefficient (Wildman–Crippen LogP) is 2.38. The van der Waals surface area contributed by atoms with E-state index < -0.39 is 11.8 Å². The summed E-state index contributed by atoms with van der Waals surface area (Å²) < 4.78 is 19.0. The van der Waals surface area contributed by atoms with Gasteiger partial charge in [-0.25, -0.2) is 9.18 Å². The standard InChI is InChI=1S/C15H20FNO3/c1-20-10-11-4-6-17(7-5-11)9-13-3-2-12(15(18)19)8-14(13)16/h2-3,8,11H,4-7,9-10H2,1H3,(H,18,19). The number of aromatic carboxylic acids is 1. The zero-order valence-electron chi connectivity index (χ0n) is 11.6. The van der Waals surface area contributed by atoms with Crippen molar-refractivity contribution in [2.24, 2.45) is 5.92 Å². The zero-order valence-corrected chi connectivity index (χ0v) is 11.6. The molecule has 110 valence electrons. The molecule has 0 aromatic heterocycles. The Balaban J connectivity index is 1.93. The number of rotatable bonds is 5. The van der Waals surface area contributed by atoms with E-state index in [1.165, 1.54) is 6.07 Å². The Hall–Kier alpha value is -1.46. The number of hydrogen-bond donors (Lipinski definition) is 1. The van der Waals surface area contributed by atoms with Crippen molar-refractivity contribution in [3.63, 3.8) is 0 Å².